The predicted octanol–water partition coefficient (Wildman–Crippen LogP) is 3.85. The van der Waals surface area contributed by atoms with Crippen LogP contribution in [0.1, 0.15) is 31.7 Å². The second-order valence-electron chi connectivity index (χ2n) is 4.96. The molecule has 1 aliphatic rings. The number of halogens is 2. The Labute approximate surface area is 127 Å². The van der Waals surface area contributed by atoms with Gasteiger partial charge in [-0.3, -0.25) is 0 Å². The lowest BCUT2D eigenvalue weighted by atomic mass is 9.94. The molecule has 0 radical (unpaired) electrons. The zero-order chi connectivity index (χ0) is 14.0. The van der Waals surface area contributed by atoms with E-state index < -0.39 is 0 Å². The number of rotatable bonds is 3. The molecular formula is C14H18BrFN2S. The summed E-state index contributed by atoms with van der Waals surface area (Å²) in [4.78, 5) is 2.32. The van der Waals surface area contributed by atoms with Crippen molar-refractivity contribution in [3.05, 3.63) is 28.0 Å². The Bertz CT molecular complexity index is 485. The lowest BCUT2D eigenvalue weighted by Crippen LogP contribution is -2.34. The largest absolute Gasteiger partial charge is 0.389 e. The molecule has 0 saturated carbocycles. The first kappa shape index (κ1) is 14.7. The third-order valence-corrected chi connectivity index (χ3v) is 4.86. The fourth-order valence-electron chi connectivity index (χ4n) is 2.56. The maximum absolute atomic E-state index is 14.4. The van der Waals surface area contributed by atoms with Crippen LogP contribution in [0.25, 0.3) is 0 Å². The Morgan fingerprint density at radius 1 is 1.47 bits per heavy atom. The standard InChI is InChI=1S/C14H18BrFN2S/c1-2-9-5-7-18(8-6-9)11-4-3-10(14(17)19)12(15)13(11)16/h3-4,9H,2,5-8H2,1H3,(H2,17,19). The first-order valence-electron chi connectivity index (χ1n) is 6.57. The fourth-order valence-corrected chi connectivity index (χ4v) is 3.41. The summed E-state index contributed by atoms with van der Waals surface area (Å²) in [5.41, 5.74) is 6.76. The smallest absolute Gasteiger partial charge is 0.161 e. The van der Waals surface area contributed by atoms with Crippen molar-refractivity contribution >= 4 is 38.8 Å². The van der Waals surface area contributed by atoms with Crippen LogP contribution in [-0.2, 0) is 0 Å². The summed E-state index contributed by atoms with van der Waals surface area (Å²) in [6, 6.07) is 3.57. The predicted molar refractivity (Wildman–Crippen MR) is 85.2 cm³/mol. The minimum atomic E-state index is -0.264. The average Bonchev–Trinajstić information content (AvgIpc) is 2.41. The lowest BCUT2D eigenvalue weighted by molar-refractivity contribution is 0.392. The molecule has 0 aliphatic carbocycles. The number of piperidine rings is 1. The third-order valence-electron chi connectivity index (χ3n) is 3.86. The Kier molecular flexibility index (Phi) is 4.79. The van der Waals surface area contributed by atoms with Crippen LogP contribution in [0, 0.1) is 11.7 Å². The van der Waals surface area contributed by atoms with Crippen LogP contribution in [0.5, 0.6) is 0 Å². The Morgan fingerprint density at radius 2 is 2.11 bits per heavy atom. The molecule has 2 rings (SSSR count). The minimum absolute atomic E-state index is 0.210. The van der Waals surface area contributed by atoms with Gasteiger partial charge in [0.25, 0.3) is 0 Å². The molecule has 0 atom stereocenters. The number of nitrogens with zero attached hydrogens (tertiary/aromatic N) is 1. The van der Waals surface area contributed by atoms with Gasteiger partial charge in [0.1, 0.15) is 4.99 Å². The van der Waals surface area contributed by atoms with Crippen molar-refractivity contribution in [2.45, 2.75) is 26.2 Å². The fraction of sp³-hybridized carbons (Fsp3) is 0.500. The molecule has 0 amide bonds. The third kappa shape index (κ3) is 3.08. The van der Waals surface area contributed by atoms with E-state index >= 15 is 0 Å². The Balaban J connectivity index is 2.22. The van der Waals surface area contributed by atoms with E-state index in [-0.39, 0.29) is 10.8 Å². The van der Waals surface area contributed by atoms with Crippen LogP contribution in [-0.4, -0.2) is 18.1 Å². The number of hydrogen-bond donors (Lipinski definition) is 1. The monoisotopic (exact) mass is 344 g/mol. The van der Waals surface area contributed by atoms with E-state index in [4.69, 9.17) is 18.0 Å². The van der Waals surface area contributed by atoms with Crippen molar-refractivity contribution in [3.63, 3.8) is 0 Å². The van der Waals surface area contributed by atoms with E-state index in [0.29, 0.717) is 15.7 Å². The van der Waals surface area contributed by atoms with E-state index in [2.05, 4.69) is 27.8 Å². The van der Waals surface area contributed by atoms with E-state index in [1.54, 1.807) is 12.1 Å². The number of anilines is 1. The zero-order valence-corrected chi connectivity index (χ0v) is 13.4. The molecule has 1 aromatic carbocycles. The molecule has 0 spiro atoms. The summed E-state index contributed by atoms with van der Waals surface area (Å²) >= 11 is 8.16. The van der Waals surface area contributed by atoms with Gasteiger partial charge in [0.15, 0.2) is 5.82 Å². The molecular weight excluding hydrogens is 327 g/mol. The van der Waals surface area contributed by atoms with Gasteiger partial charge in [-0.15, -0.1) is 0 Å². The normalized spacial score (nSPS) is 16.7. The van der Waals surface area contributed by atoms with E-state index in [0.717, 1.165) is 31.8 Å². The second-order valence-corrected chi connectivity index (χ2v) is 6.20. The van der Waals surface area contributed by atoms with Gasteiger partial charge in [-0.1, -0.05) is 25.6 Å². The summed E-state index contributed by atoms with van der Waals surface area (Å²) in [6.45, 7) is 4.04. The molecule has 1 aliphatic heterocycles. The van der Waals surface area contributed by atoms with Crippen LogP contribution in [0.15, 0.2) is 16.6 Å². The van der Waals surface area contributed by atoms with Crippen LogP contribution >= 0.6 is 28.1 Å². The number of nitrogens with two attached hydrogens (primary N) is 1. The SMILES string of the molecule is CCC1CCN(c2ccc(C(N)=S)c(Br)c2F)CC1. The van der Waals surface area contributed by atoms with Gasteiger partial charge in [0.2, 0.25) is 0 Å². The molecule has 0 aromatic heterocycles. The highest BCUT2D eigenvalue weighted by atomic mass is 79.9. The lowest BCUT2D eigenvalue weighted by Gasteiger charge is -2.33. The van der Waals surface area contributed by atoms with Crippen molar-refractivity contribution < 1.29 is 4.39 Å². The van der Waals surface area contributed by atoms with E-state index in [1.807, 2.05) is 0 Å². The molecule has 0 unspecified atom stereocenters. The summed E-state index contributed by atoms with van der Waals surface area (Å²) in [6.07, 6.45) is 3.47. The maximum atomic E-state index is 14.4. The van der Waals surface area contributed by atoms with Crippen LogP contribution in [0.4, 0.5) is 10.1 Å². The Morgan fingerprint density at radius 3 is 2.63 bits per heavy atom. The molecule has 0 bridgehead atoms. The molecule has 1 aromatic rings. The van der Waals surface area contributed by atoms with Gasteiger partial charge >= 0.3 is 0 Å². The highest BCUT2D eigenvalue weighted by Crippen LogP contribution is 2.32. The van der Waals surface area contributed by atoms with E-state index in [1.165, 1.54) is 6.42 Å². The van der Waals surface area contributed by atoms with Crippen molar-refractivity contribution in [1.82, 2.24) is 0 Å². The van der Waals surface area contributed by atoms with Gasteiger partial charge in [0.05, 0.1) is 10.2 Å². The summed E-state index contributed by atoms with van der Waals surface area (Å²) in [7, 11) is 0. The number of hydrogen-bond acceptors (Lipinski definition) is 2. The van der Waals surface area contributed by atoms with Gasteiger partial charge in [-0.2, -0.15) is 0 Å². The highest BCUT2D eigenvalue weighted by molar-refractivity contribution is 9.10. The highest BCUT2D eigenvalue weighted by Gasteiger charge is 2.22. The van der Waals surface area contributed by atoms with Gasteiger partial charge in [-0.25, -0.2) is 4.39 Å². The molecule has 1 fully saturated rings. The van der Waals surface area contributed by atoms with Gasteiger partial charge < -0.3 is 10.6 Å². The second kappa shape index (κ2) is 6.18. The zero-order valence-electron chi connectivity index (χ0n) is 11.0. The first-order chi connectivity index (χ1) is 9.04. The van der Waals surface area contributed by atoms with Gasteiger partial charge in [0, 0.05) is 18.7 Å². The number of thiocarbonyl (C=S) groups is 1. The molecule has 19 heavy (non-hydrogen) atoms. The van der Waals surface area contributed by atoms with E-state index in [9.17, 15) is 4.39 Å². The topological polar surface area (TPSA) is 29.3 Å². The maximum Gasteiger partial charge on any atom is 0.161 e. The first-order valence-corrected chi connectivity index (χ1v) is 7.77. The molecule has 5 heteroatoms. The minimum Gasteiger partial charge on any atom is -0.389 e. The quantitative estimate of drug-likeness (QED) is 0.844. The van der Waals surface area contributed by atoms with Gasteiger partial charge in [-0.05, 0) is 46.8 Å². The average molecular weight is 345 g/mol. The van der Waals surface area contributed by atoms with Crippen LogP contribution in [0.3, 0.4) is 0 Å². The summed E-state index contributed by atoms with van der Waals surface area (Å²) in [5.74, 6) is 0.513. The van der Waals surface area contributed by atoms with Crippen LogP contribution < -0.4 is 10.6 Å². The molecule has 2 N–H and O–H groups in total. The molecule has 104 valence electrons. The van der Waals surface area contributed by atoms with Crippen molar-refractivity contribution in [1.29, 1.82) is 0 Å². The molecule has 1 heterocycles. The van der Waals surface area contributed by atoms with Crippen LogP contribution in [0.2, 0.25) is 0 Å². The van der Waals surface area contributed by atoms with Crippen molar-refractivity contribution in [2.75, 3.05) is 18.0 Å². The summed E-state index contributed by atoms with van der Waals surface area (Å²) in [5, 5.41) is 0. The Hall–Kier alpha value is -0.680. The summed E-state index contributed by atoms with van der Waals surface area (Å²) < 4.78 is 14.8. The molecule has 1 saturated heterocycles. The van der Waals surface area contributed by atoms with Crippen molar-refractivity contribution in [2.24, 2.45) is 11.7 Å². The van der Waals surface area contributed by atoms with Crippen molar-refractivity contribution in [3.8, 4) is 0 Å². The molecule has 2 nitrogen and oxygen atoms in total. The number of benzene rings is 1.